The van der Waals surface area contributed by atoms with Gasteiger partial charge in [0.25, 0.3) is 0 Å². The molecular formula is C72H52N2. The number of hydrogen-bond donors (Lipinski definition) is 0. The third kappa shape index (κ3) is 9.81. The highest BCUT2D eigenvalue weighted by Crippen LogP contribution is 2.40. The molecule has 0 atom stereocenters. The fourth-order valence-electron chi connectivity index (χ4n) is 9.97. The summed E-state index contributed by atoms with van der Waals surface area (Å²) < 4.78 is 0. The highest BCUT2D eigenvalue weighted by Gasteiger charge is 2.16. The molecule has 0 bridgehead atoms. The van der Waals surface area contributed by atoms with E-state index in [-0.39, 0.29) is 0 Å². The minimum absolute atomic E-state index is 1.09. The second kappa shape index (κ2) is 20.9. The predicted octanol–water partition coefficient (Wildman–Crippen LogP) is 20.3. The van der Waals surface area contributed by atoms with Crippen molar-refractivity contribution in [3.63, 3.8) is 0 Å². The van der Waals surface area contributed by atoms with Crippen LogP contribution in [0.3, 0.4) is 0 Å². The molecule has 12 aromatic carbocycles. The predicted molar refractivity (Wildman–Crippen MR) is 314 cm³/mol. The van der Waals surface area contributed by atoms with Crippen LogP contribution in [0.1, 0.15) is 0 Å². The summed E-state index contributed by atoms with van der Waals surface area (Å²) in [6, 6.07) is 113. The Kier molecular flexibility index (Phi) is 12.8. The normalized spacial score (nSPS) is 11.0. The highest BCUT2D eigenvalue weighted by atomic mass is 15.1. The van der Waals surface area contributed by atoms with Crippen molar-refractivity contribution in [3.05, 3.63) is 315 Å². The van der Waals surface area contributed by atoms with Crippen molar-refractivity contribution in [2.45, 2.75) is 0 Å². The maximum absolute atomic E-state index is 2.34. The summed E-state index contributed by atoms with van der Waals surface area (Å²) in [5, 5.41) is 0. The van der Waals surface area contributed by atoms with Gasteiger partial charge in [0.05, 0.1) is 0 Å². The van der Waals surface area contributed by atoms with Gasteiger partial charge in [0.2, 0.25) is 0 Å². The number of nitrogens with zero attached hydrogens (tertiary/aromatic N) is 2. The molecule has 0 aliphatic heterocycles. The molecule has 0 N–H and O–H groups in total. The van der Waals surface area contributed by atoms with Crippen molar-refractivity contribution in [1.29, 1.82) is 0 Å². The minimum atomic E-state index is 1.09. The van der Waals surface area contributed by atoms with Crippen molar-refractivity contribution in [2.75, 3.05) is 9.80 Å². The van der Waals surface area contributed by atoms with Gasteiger partial charge in [-0.3, -0.25) is 0 Å². The Morgan fingerprint density at radius 3 is 0.486 bits per heavy atom. The average molecular weight is 945 g/mol. The first-order valence-electron chi connectivity index (χ1n) is 25.3. The van der Waals surface area contributed by atoms with Crippen LogP contribution in [0, 0.1) is 0 Å². The Morgan fingerprint density at radius 1 is 0.122 bits per heavy atom. The van der Waals surface area contributed by atoms with Gasteiger partial charge < -0.3 is 9.80 Å². The second-order valence-corrected chi connectivity index (χ2v) is 18.6. The summed E-state index contributed by atoms with van der Waals surface area (Å²) in [6.45, 7) is 0. The first kappa shape index (κ1) is 45.4. The van der Waals surface area contributed by atoms with Gasteiger partial charge in [-0.25, -0.2) is 0 Å². The Balaban J connectivity index is 0.805. The Labute approximate surface area is 435 Å². The Morgan fingerprint density at radius 2 is 0.270 bits per heavy atom. The van der Waals surface area contributed by atoms with E-state index in [9.17, 15) is 0 Å². The van der Waals surface area contributed by atoms with Crippen LogP contribution in [0.4, 0.5) is 34.1 Å². The molecule has 2 nitrogen and oxygen atoms in total. The van der Waals surface area contributed by atoms with Gasteiger partial charge in [-0.1, -0.05) is 237 Å². The summed E-state index contributed by atoms with van der Waals surface area (Å²) in [4.78, 5) is 4.68. The number of anilines is 6. The molecule has 0 aliphatic rings. The molecule has 0 radical (unpaired) electrons. The molecule has 0 aromatic heterocycles. The fraction of sp³-hybridized carbons (Fsp3) is 0. The summed E-state index contributed by atoms with van der Waals surface area (Å²) >= 11 is 0. The third-order valence-corrected chi connectivity index (χ3v) is 13.9. The molecule has 0 unspecified atom stereocenters. The van der Waals surface area contributed by atoms with Gasteiger partial charge >= 0.3 is 0 Å². The summed E-state index contributed by atoms with van der Waals surface area (Å²) in [7, 11) is 0. The van der Waals surface area contributed by atoms with E-state index in [4.69, 9.17) is 0 Å². The van der Waals surface area contributed by atoms with Crippen LogP contribution in [-0.2, 0) is 0 Å². The molecule has 0 spiro atoms. The smallest absolute Gasteiger partial charge is 0.0462 e. The molecule has 350 valence electrons. The van der Waals surface area contributed by atoms with Crippen molar-refractivity contribution in [3.8, 4) is 77.9 Å². The van der Waals surface area contributed by atoms with E-state index in [1.165, 1.54) is 72.3 Å². The average Bonchev–Trinajstić information content (AvgIpc) is 3.49. The zero-order valence-electron chi connectivity index (χ0n) is 40.9. The quantitative estimate of drug-likeness (QED) is 0.114. The van der Waals surface area contributed by atoms with Gasteiger partial charge in [-0.15, -0.1) is 0 Å². The van der Waals surface area contributed by atoms with Crippen molar-refractivity contribution < 1.29 is 0 Å². The SMILES string of the molecule is c1ccc(-c2ccc(N(c3ccc(-c4ccccc4)cc3)c3ccc(-c4ccc(-c5ccc(N(c6ccc(-c7ccccc7)cc6)c6ccc(-c7cccc(-c8ccccc8)c7)cc6)cc5)cc4)cc3)cc2)cc1. The summed E-state index contributed by atoms with van der Waals surface area (Å²) in [5.41, 5.74) is 23.2. The zero-order chi connectivity index (χ0) is 49.5. The highest BCUT2D eigenvalue weighted by molar-refractivity contribution is 5.84. The second-order valence-electron chi connectivity index (χ2n) is 18.6. The minimum Gasteiger partial charge on any atom is -0.311 e. The molecule has 0 saturated carbocycles. The lowest BCUT2D eigenvalue weighted by atomic mass is 9.98. The molecule has 0 amide bonds. The molecule has 2 heteroatoms. The van der Waals surface area contributed by atoms with Gasteiger partial charge in [0.15, 0.2) is 0 Å². The molecule has 0 heterocycles. The van der Waals surface area contributed by atoms with E-state index in [1.807, 2.05) is 0 Å². The van der Waals surface area contributed by atoms with E-state index in [1.54, 1.807) is 0 Å². The topological polar surface area (TPSA) is 6.48 Å². The van der Waals surface area contributed by atoms with Crippen LogP contribution < -0.4 is 9.80 Å². The first-order chi connectivity index (χ1) is 36.7. The van der Waals surface area contributed by atoms with Gasteiger partial charge in [0.1, 0.15) is 0 Å². The molecule has 12 aromatic rings. The van der Waals surface area contributed by atoms with E-state index in [2.05, 4.69) is 325 Å². The molecule has 0 aliphatic carbocycles. The standard InChI is InChI=1S/C72H52N2/c1-5-14-53(15-6-1)59-28-40-67(41-29-59)73(68-42-30-60(31-43-68)54-16-7-2-8-17-54)70-46-34-62(35-47-70)57-24-26-58(27-25-57)63-36-48-71(49-37-63)74(69-44-32-61(33-45-69)55-18-9-3-10-19-55)72-50-38-64(39-51-72)66-23-13-22-65(52-66)56-20-11-4-12-21-56/h1-52H. The van der Waals surface area contributed by atoms with Crippen LogP contribution in [0.25, 0.3) is 77.9 Å². The monoisotopic (exact) mass is 944 g/mol. The maximum Gasteiger partial charge on any atom is 0.0462 e. The number of benzene rings is 12. The van der Waals surface area contributed by atoms with E-state index >= 15 is 0 Å². The number of hydrogen-bond acceptors (Lipinski definition) is 2. The van der Waals surface area contributed by atoms with E-state index in [0.717, 1.165) is 39.7 Å². The largest absolute Gasteiger partial charge is 0.311 e. The van der Waals surface area contributed by atoms with Crippen LogP contribution in [0.5, 0.6) is 0 Å². The van der Waals surface area contributed by atoms with Crippen LogP contribution in [0.2, 0.25) is 0 Å². The maximum atomic E-state index is 2.34. The van der Waals surface area contributed by atoms with Gasteiger partial charge in [0, 0.05) is 34.1 Å². The summed E-state index contributed by atoms with van der Waals surface area (Å²) in [5.74, 6) is 0. The third-order valence-electron chi connectivity index (χ3n) is 13.9. The zero-order valence-corrected chi connectivity index (χ0v) is 40.9. The summed E-state index contributed by atoms with van der Waals surface area (Å²) in [6.07, 6.45) is 0. The lowest BCUT2D eigenvalue weighted by molar-refractivity contribution is 1.28. The van der Waals surface area contributed by atoms with Crippen LogP contribution in [-0.4, -0.2) is 0 Å². The van der Waals surface area contributed by atoms with Crippen molar-refractivity contribution >= 4 is 34.1 Å². The van der Waals surface area contributed by atoms with E-state index < -0.39 is 0 Å². The van der Waals surface area contributed by atoms with Gasteiger partial charge in [-0.05, 0) is 157 Å². The van der Waals surface area contributed by atoms with E-state index in [0.29, 0.717) is 0 Å². The number of rotatable bonds is 13. The molecule has 0 fully saturated rings. The lowest BCUT2D eigenvalue weighted by Gasteiger charge is -2.26. The molecule has 12 rings (SSSR count). The van der Waals surface area contributed by atoms with Crippen LogP contribution in [0.15, 0.2) is 315 Å². The Bertz CT molecular complexity index is 3640. The lowest BCUT2D eigenvalue weighted by Crippen LogP contribution is -2.09. The van der Waals surface area contributed by atoms with Gasteiger partial charge in [-0.2, -0.15) is 0 Å². The van der Waals surface area contributed by atoms with Crippen molar-refractivity contribution in [1.82, 2.24) is 0 Å². The Hall–Kier alpha value is -9.76. The fourth-order valence-corrected chi connectivity index (χ4v) is 9.97. The van der Waals surface area contributed by atoms with Crippen LogP contribution >= 0.6 is 0 Å². The molecular weight excluding hydrogens is 893 g/mol. The molecule has 0 saturated heterocycles. The molecule has 74 heavy (non-hydrogen) atoms. The van der Waals surface area contributed by atoms with Crippen molar-refractivity contribution in [2.24, 2.45) is 0 Å². The first-order valence-corrected chi connectivity index (χ1v) is 25.3.